The maximum atomic E-state index is 9.84. The summed E-state index contributed by atoms with van der Waals surface area (Å²) in [6, 6.07) is -0.788. The average molecular weight is 259 g/mol. The van der Waals surface area contributed by atoms with Crippen LogP contribution in [0.1, 0.15) is 19.3 Å². The van der Waals surface area contributed by atoms with E-state index in [1.807, 2.05) is 0 Å². The van der Waals surface area contributed by atoms with Gasteiger partial charge in [0.15, 0.2) is 0 Å². The second kappa shape index (κ2) is 7.04. The Morgan fingerprint density at radius 3 is 2.22 bits per heavy atom. The molecule has 1 saturated heterocycles. The normalized spacial score (nSPS) is 37.4. The third kappa shape index (κ3) is 3.20. The number of terminal acetylenes is 1. The van der Waals surface area contributed by atoms with Crippen LogP contribution in [0.25, 0.3) is 0 Å². The molecule has 0 bridgehead atoms. The van der Waals surface area contributed by atoms with E-state index in [2.05, 4.69) is 5.92 Å². The third-order valence-corrected chi connectivity index (χ3v) is 3.34. The summed E-state index contributed by atoms with van der Waals surface area (Å²) < 4.78 is 0. The minimum Gasteiger partial charge on any atom is -0.395 e. The molecule has 5 N–H and O–H groups in total. The van der Waals surface area contributed by atoms with E-state index in [0.29, 0.717) is 19.4 Å². The topological polar surface area (TPSA) is 104 Å². The van der Waals surface area contributed by atoms with Gasteiger partial charge in [0.05, 0.1) is 12.6 Å². The first kappa shape index (κ1) is 15.4. The zero-order chi connectivity index (χ0) is 13.7. The molecule has 0 amide bonds. The second-order valence-corrected chi connectivity index (χ2v) is 4.53. The Labute approximate surface area is 106 Å². The lowest BCUT2D eigenvalue weighted by Gasteiger charge is -2.46. The summed E-state index contributed by atoms with van der Waals surface area (Å²) in [5.41, 5.74) is 0. The van der Waals surface area contributed by atoms with Crippen molar-refractivity contribution in [3.8, 4) is 12.3 Å². The van der Waals surface area contributed by atoms with Crippen LogP contribution in [0.15, 0.2) is 0 Å². The first-order chi connectivity index (χ1) is 8.54. The minimum atomic E-state index is -1.46. The molecule has 1 fully saturated rings. The third-order valence-electron chi connectivity index (χ3n) is 3.34. The van der Waals surface area contributed by atoms with Crippen LogP contribution in [0, 0.1) is 12.3 Å². The van der Waals surface area contributed by atoms with Gasteiger partial charge in [-0.05, 0) is 12.8 Å². The maximum absolute atomic E-state index is 9.84. The Kier molecular flexibility index (Phi) is 6.02. The van der Waals surface area contributed by atoms with E-state index >= 15 is 0 Å². The number of likely N-dealkylation sites (tertiary alicyclic amines) is 1. The fourth-order valence-electron chi connectivity index (χ4n) is 2.23. The Morgan fingerprint density at radius 2 is 1.67 bits per heavy atom. The molecule has 0 spiro atoms. The molecule has 1 heterocycles. The lowest BCUT2D eigenvalue weighted by molar-refractivity contribution is -0.222. The van der Waals surface area contributed by atoms with Crippen molar-refractivity contribution in [1.29, 1.82) is 0 Å². The molecular formula is C12H21NO5. The molecule has 18 heavy (non-hydrogen) atoms. The summed E-state index contributed by atoms with van der Waals surface area (Å²) in [5.74, 6) is 2.50. The van der Waals surface area contributed by atoms with Crippen molar-refractivity contribution >= 4 is 0 Å². The van der Waals surface area contributed by atoms with Gasteiger partial charge in [0.2, 0.25) is 0 Å². The van der Waals surface area contributed by atoms with Crippen LogP contribution in [0.4, 0.5) is 0 Å². The molecule has 1 aliphatic heterocycles. The van der Waals surface area contributed by atoms with Crippen molar-refractivity contribution in [2.75, 3.05) is 13.2 Å². The van der Waals surface area contributed by atoms with E-state index < -0.39 is 37.2 Å². The smallest absolute Gasteiger partial charge is 0.136 e. The van der Waals surface area contributed by atoms with Crippen molar-refractivity contribution in [3.05, 3.63) is 0 Å². The van der Waals surface area contributed by atoms with Crippen molar-refractivity contribution in [1.82, 2.24) is 4.90 Å². The number of unbranched alkanes of at least 4 members (excludes halogenated alkanes) is 2. The van der Waals surface area contributed by atoms with E-state index in [1.54, 1.807) is 0 Å². The van der Waals surface area contributed by atoms with Gasteiger partial charge in [-0.25, -0.2) is 0 Å². The summed E-state index contributed by atoms with van der Waals surface area (Å²) in [6.07, 6.45) is 1.67. The summed E-state index contributed by atoms with van der Waals surface area (Å²) in [6.45, 7) is -0.0218. The van der Waals surface area contributed by atoms with Crippen LogP contribution >= 0.6 is 0 Å². The second-order valence-electron chi connectivity index (χ2n) is 4.53. The highest BCUT2D eigenvalue weighted by molar-refractivity contribution is 4.96. The summed E-state index contributed by atoms with van der Waals surface area (Å²) in [7, 11) is 0. The molecule has 0 aromatic rings. The molecule has 0 aromatic carbocycles. The lowest BCUT2D eigenvalue weighted by Crippen LogP contribution is -2.67. The molecule has 6 heteroatoms. The number of aliphatic hydroxyl groups excluding tert-OH is 5. The Morgan fingerprint density at radius 1 is 1.00 bits per heavy atom. The molecule has 6 nitrogen and oxygen atoms in total. The van der Waals surface area contributed by atoms with Gasteiger partial charge in [-0.2, -0.15) is 0 Å². The van der Waals surface area contributed by atoms with Crippen LogP contribution < -0.4 is 0 Å². The minimum absolute atomic E-state index is 0.384. The molecule has 0 radical (unpaired) electrons. The van der Waals surface area contributed by atoms with Crippen LogP contribution in [0.2, 0.25) is 0 Å². The molecule has 1 rings (SSSR count). The largest absolute Gasteiger partial charge is 0.395 e. The number of hydrogen-bond acceptors (Lipinski definition) is 6. The fourth-order valence-corrected chi connectivity index (χ4v) is 2.23. The Bertz CT molecular complexity index is 293. The van der Waals surface area contributed by atoms with Gasteiger partial charge >= 0.3 is 0 Å². The predicted molar refractivity (Wildman–Crippen MR) is 64.3 cm³/mol. The highest BCUT2D eigenvalue weighted by Crippen LogP contribution is 2.23. The standard InChI is InChI=1S/C12H21NO5/c1-2-3-4-5-6-13-8(7-14)9(15)10(16)11(17)12(13)18/h1,8-12,14-18H,3-7H2/t8-,9-,10+,11-,12?/m1/s1. The van der Waals surface area contributed by atoms with Crippen molar-refractivity contribution in [2.24, 2.45) is 0 Å². The summed E-state index contributed by atoms with van der Waals surface area (Å²) in [4.78, 5) is 1.40. The number of nitrogens with zero attached hydrogens (tertiary/aromatic N) is 1. The van der Waals surface area contributed by atoms with E-state index in [9.17, 15) is 25.5 Å². The van der Waals surface area contributed by atoms with Gasteiger partial charge in [-0.3, -0.25) is 4.90 Å². The highest BCUT2D eigenvalue weighted by Gasteiger charge is 2.46. The van der Waals surface area contributed by atoms with Crippen LogP contribution in [0.5, 0.6) is 0 Å². The van der Waals surface area contributed by atoms with Gasteiger partial charge in [-0.1, -0.05) is 0 Å². The zero-order valence-electron chi connectivity index (χ0n) is 10.2. The quantitative estimate of drug-likeness (QED) is 0.285. The monoisotopic (exact) mass is 259 g/mol. The summed E-state index contributed by atoms with van der Waals surface area (Å²) >= 11 is 0. The summed E-state index contributed by atoms with van der Waals surface area (Å²) in [5, 5.41) is 47.9. The molecule has 0 saturated carbocycles. The zero-order valence-corrected chi connectivity index (χ0v) is 10.2. The van der Waals surface area contributed by atoms with Crippen LogP contribution in [-0.4, -0.2) is 74.2 Å². The first-order valence-electron chi connectivity index (χ1n) is 6.07. The number of rotatable bonds is 5. The van der Waals surface area contributed by atoms with E-state index in [-0.39, 0.29) is 0 Å². The van der Waals surface area contributed by atoms with Crippen molar-refractivity contribution in [3.63, 3.8) is 0 Å². The molecular weight excluding hydrogens is 238 g/mol. The predicted octanol–water partition coefficient (Wildman–Crippen LogP) is -2.13. The molecule has 1 aliphatic rings. The van der Waals surface area contributed by atoms with Crippen LogP contribution in [0.3, 0.4) is 0 Å². The number of piperidine rings is 1. The van der Waals surface area contributed by atoms with Crippen molar-refractivity contribution in [2.45, 2.75) is 49.8 Å². The molecule has 0 aliphatic carbocycles. The fraction of sp³-hybridized carbons (Fsp3) is 0.833. The highest BCUT2D eigenvalue weighted by atomic mass is 16.4. The van der Waals surface area contributed by atoms with Gasteiger partial charge in [-0.15, -0.1) is 12.3 Å². The van der Waals surface area contributed by atoms with Crippen LogP contribution in [-0.2, 0) is 0 Å². The number of aliphatic hydroxyl groups is 5. The Hall–Kier alpha value is -0.680. The number of hydrogen-bond donors (Lipinski definition) is 5. The van der Waals surface area contributed by atoms with Crippen molar-refractivity contribution < 1.29 is 25.5 Å². The van der Waals surface area contributed by atoms with Gasteiger partial charge < -0.3 is 25.5 Å². The van der Waals surface area contributed by atoms with Gasteiger partial charge in [0.25, 0.3) is 0 Å². The maximum Gasteiger partial charge on any atom is 0.136 e. The van der Waals surface area contributed by atoms with E-state index in [0.717, 1.165) is 6.42 Å². The van der Waals surface area contributed by atoms with E-state index in [1.165, 1.54) is 4.90 Å². The molecule has 5 atom stereocenters. The Balaban J connectivity index is 2.63. The molecule has 104 valence electrons. The van der Waals surface area contributed by atoms with E-state index in [4.69, 9.17) is 6.42 Å². The average Bonchev–Trinajstić information content (AvgIpc) is 2.38. The first-order valence-corrected chi connectivity index (χ1v) is 6.07. The molecule has 1 unspecified atom stereocenters. The van der Waals surface area contributed by atoms with Gasteiger partial charge in [0, 0.05) is 13.0 Å². The molecule has 0 aromatic heterocycles. The van der Waals surface area contributed by atoms with Gasteiger partial charge in [0.1, 0.15) is 24.5 Å². The SMILES string of the molecule is C#CCCCCN1C(O)[C@H](O)[C@@H](O)[C@H](O)[C@H]1CO. The lowest BCUT2D eigenvalue weighted by atomic mass is 9.92.